The predicted octanol–water partition coefficient (Wildman–Crippen LogP) is 4.54. The Bertz CT molecular complexity index is 1150. The van der Waals surface area contributed by atoms with Crippen molar-refractivity contribution in [3.63, 3.8) is 0 Å². The van der Waals surface area contributed by atoms with Crippen LogP contribution in [-0.4, -0.2) is 33.3 Å². The van der Waals surface area contributed by atoms with Gasteiger partial charge in [-0.1, -0.05) is 60.1 Å². The average molecular weight is 478 g/mol. The fourth-order valence-corrected chi connectivity index (χ4v) is 4.14. The van der Waals surface area contributed by atoms with Gasteiger partial charge in [-0.3, -0.25) is 9.78 Å². The number of carbonyl (C=O) groups is 1. The first-order chi connectivity index (χ1) is 16.2. The minimum Gasteiger partial charge on any atom is -0.354 e. The summed E-state index contributed by atoms with van der Waals surface area (Å²) in [6.45, 7) is 1.31. The molecule has 4 rings (SSSR count). The molecule has 0 fully saturated rings. The summed E-state index contributed by atoms with van der Waals surface area (Å²) in [5.74, 6) is 0.669. The lowest BCUT2D eigenvalue weighted by molar-refractivity contribution is -0.119. The molecule has 168 valence electrons. The van der Waals surface area contributed by atoms with E-state index in [2.05, 4.69) is 14.7 Å². The maximum Gasteiger partial charge on any atom is 0.239 e. The Hall–Kier alpha value is -3.29. The Balaban J connectivity index is 1.41. The Morgan fingerprint density at radius 1 is 0.970 bits per heavy atom. The number of rotatable bonds is 10. The van der Waals surface area contributed by atoms with Crippen molar-refractivity contribution in [1.82, 2.24) is 19.7 Å². The van der Waals surface area contributed by atoms with Gasteiger partial charge in [-0.05, 0) is 35.4 Å². The SMILES string of the molecule is O=C(CN(Cc1ccccc1)c1nc(Cc2ccc(Cl)cc2)ns1)NCCc1ccccn1. The maximum absolute atomic E-state index is 12.7. The van der Waals surface area contributed by atoms with E-state index in [1.807, 2.05) is 77.7 Å². The van der Waals surface area contributed by atoms with E-state index in [4.69, 9.17) is 16.6 Å². The molecular formula is C25H24ClN5OS. The Kier molecular flexibility index (Phi) is 8.00. The number of halogens is 1. The van der Waals surface area contributed by atoms with Gasteiger partial charge >= 0.3 is 0 Å². The number of nitrogens with one attached hydrogen (secondary N) is 1. The molecule has 4 aromatic rings. The number of hydrogen-bond acceptors (Lipinski definition) is 6. The largest absolute Gasteiger partial charge is 0.354 e. The third kappa shape index (κ3) is 7.10. The molecule has 0 saturated carbocycles. The average Bonchev–Trinajstić information content (AvgIpc) is 3.30. The van der Waals surface area contributed by atoms with Crippen LogP contribution in [-0.2, 0) is 24.2 Å². The minimum absolute atomic E-state index is 0.0590. The second-order valence-corrected chi connectivity index (χ2v) is 8.73. The molecule has 1 amide bonds. The number of carbonyl (C=O) groups excluding carboxylic acids is 1. The molecular weight excluding hydrogens is 454 g/mol. The van der Waals surface area contributed by atoms with Crippen LogP contribution in [0.1, 0.15) is 22.6 Å². The van der Waals surface area contributed by atoms with Gasteiger partial charge < -0.3 is 10.2 Å². The second kappa shape index (κ2) is 11.5. The van der Waals surface area contributed by atoms with Crippen molar-refractivity contribution in [2.45, 2.75) is 19.4 Å². The second-order valence-electron chi connectivity index (χ2n) is 7.56. The molecule has 0 aliphatic carbocycles. The van der Waals surface area contributed by atoms with E-state index >= 15 is 0 Å². The molecule has 0 aliphatic rings. The van der Waals surface area contributed by atoms with Crippen LogP contribution in [0.4, 0.5) is 5.13 Å². The van der Waals surface area contributed by atoms with Crippen molar-refractivity contribution in [3.8, 4) is 0 Å². The lowest BCUT2D eigenvalue weighted by atomic mass is 10.1. The van der Waals surface area contributed by atoms with E-state index in [9.17, 15) is 4.79 Å². The first kappa shape index (κ1) is 22.9. The highest BCUT2D eigenvalue weighted by molar-refractivity contribution is 7.09. The molecule has 0 aliphatic heterocycles. The van der Waals surface area contributed by atoms with Crippen molar-refractivity contribution < 1.29 is 4.79 Å². The molecule has 33 heavy (non-hydrogen) atoms. The first-order valence-corrected chi connectivity index (χ1v) is 11.8. The summed E-state index contributed by atoms with van der Waals surface area (Å²) in [5.41, 5.74) is 3.15. The summed E-state index contributed by atoms with van der Waals surface area (Å²) < 4.78 is 4.52. The summed E-state index contributed by atoms with van der Waals surface area (Å²) >= 11 is 7.29. The molecule has 2 aromatic heterocycles. The minimum atomic E-state index is -0.0590. The zero-order valence-electron chi connectivity index (χ0n) is 18.0. The van der Waals surface area contributed by atoms with Crippen LogP contribution in [0, 0.1) is 0 Å². The summed E-state index contributed by atoms with van der Waals surface area (Å²) in [4.78, 5) is 23.7. The normalized spacial score (nSPS) is 10.7. The summed E-state index contributed by atoms with van der Waals surface area (Å²) in [6, 6.07) is 23.5. The van der Waals surface area contributed by atoms with E-state index in [0.717, 1.165) is 27.8 Å². The van der Waals surface area contributed by atoms with Gasteiger partial charge in [0, 0.05) is 54.4 Å². The number of pyridine rings is 1. The molecule has 0 saturated heterocycles. The highest BCUT2D eigenvalue weighted by Gasteiger charge is 2.17. The molecule has 8 heteroatoms. The fourth-order valence-electron chi connectivity index (χ4n) is 3.33. The van der Waals surface area contributed by atoms with Gasteiger partial charge in [0.15, 0.2) is 0 Å². The van der Waals surface area contributed by atoms with Gasteiger partial charge in [-0.25, -0.2) is 4.98 Å². The van der Waals surface area contributed by atoms with Gasteiger partial charge in [0.1, 0.15) is 5.82 Å². The smallest absolute Gasteiger partial charge is 0.239 e. The van der Waals surface area contributed by atoms with Crippen LogP contribution in [0.5, 0.6) is 0 Å². The number of hydrogen-bond donors (Lipinski definition) is 1. The van der Waals surface area contributed by atoms with Crippen LogP contribution >= 0.6 is 23.1 Å². The maximum atomic E-state index is 12.7. The number of anilines is 1. The zero-order valence-corrected chi connectivity index (χ0v) is 19.6. The van der Waals surface area contributed by atoms with Crippen molar-refractivity contribution in [3.05, 3.63) is 107 Å². The molecule has 6 nitrogen and oxygen atoms in total. The van der Waals surface area contributed by atoms with Crippen molar-refractivity contribution in [2.75, 3.05) is 18.0 Å². The number of benzene rings is 2. The van der Waals surface area contributed by atoms with Crippen LogP contribution in [0.15, 0.2) is 79.0 Å². The molecule has 1 N–H and O–H groups in total. The van der Waals surface area contributed by atoms with E-state index in [-0.39, 0.29) is 12.5 Å². The van der Waals surface area contributed by atoms with Crippen molar-refractivity contribution >= 4 is 34.2 Å². The Morgan fingerprint density at radius 2 is 1.76 bits per heavy atom. The standard InChI is InChI=1S/C25H24ClN5OS/c26-21-11-9-19(10-12-21)16-23-29-25(33-30-23)31(17-20-6-2-1-3-7-20)18-24(32)28-15-13-22-8-4-5-14-27-22/h1-12,14H,13,15-18H2,(H,28,32). The van der Waals surface area contributed by atoms with E-state index in [1.165, 1.54) is 11.5 Å². The quantitative estimate of drug-likeness (QED) is 0.363. The molecule has 0 radical (unpaired) electrons. The van der Waals surface area contributed by atoms with Crippen LogP contribution in [0.2, 0.25) is 5.02 Å². The van der Waals surface area contributed by atoms with Gasteiger partial charge in [0.05, 0.1) is 6.54 Å². The first-order valence-electron chi connectivity index (χ1n) is 10.7. The molecule has 0 unspecified atom stereocenters. The topological polar surface area (TPSA) is 71.0 Å². The number of amides is 1. The van der Waals surface area contributed by atoms with Crippen molar-refractivity contribution in [1.29, 1.82) is 0 Å². The van der Waals surface area contributed by atoms with E-state index in [0.29, 0.717) is 31.0 Å². The fraction of sp³-hybridized carbons (Fsp3) is 0.200. The van der Waals surface area contributed by atoms with Crippen LogP contribution in [0.25, 0.3) is 0 Å². The highest BCUT2D eigenvalue weighted by atomic mass is 35.5. The predicted molar refractivity (Wildman–Crippen MR) is 133 cm³/mol. The van der Waals surface area contributed by atoms with E-state index < -0.39 is 0 Å². The third-order valence-electron chi connectivity index (χ3n) is 4.98. The van der Waals surface area contributed by atoms with Gasteiger partial charge in [0.2, 0.25) is 11.0 Å². The molecule has 0 atom stereocenters. The van der Waals surface area contributed by atoms with Gasteiger partial charge in [0.25, 0.3) is 0 Å². The molecule has 0 bridgehead atoms. The monoisotopic (exact) mass is 477 g/mol. The number of aromatic nitrogens is 3. The molecule has 2 heterocycles. The Labute approximate surface area is 202 Å². The lowest BCUT2D eigenvalue weighted by Gasteiger charge is -2.21. The van der Waals surface area contributed by atoms with Gasteiger partial charge in [-0.2, -0.15) is 4.37 Å². The highest BCUT2D eigenvalue weighted by Crippen LogP contribution is 2.21. The summed E-state index contributed by atoms with van der Waals surface area (Å²) in [7, 11) is 0. The number of nitrogens with zero attached hydrogens (tertiary/aromatic N) is 4. The van der Waals surface area contributed by atoms with Crippen LogP contribution < -0.4 is 10.2 Å². The van der Waals surface area contributed by atoms with E-state index in [1.54, 1.807) is 6.20 Å². The van der Waals surface area contributed by atoms with Crippen LogP contribution in [0.3, 0.4) is 0 Å². The van der Waals surface area contributed by atoms with Gasteiger partial charge in [-0.15, -0.1) is 0 Å². The third-order valence-corrected chi connectivity index (χ3v) is 6.05. The lowest BCUT2D eigenvalue weighted by Crippen LogP contribution is -2.37. The van der Waals surface area contributed by atoms with Crippen molar-refractivity contribution in [2.24, 2.45) is 0 Å². The Morgan fingerprint density at radius 3 is 2.52 bits per heavy atom. The molecule has 2 aromatic carbocycles. The zero-order chi connectivity index (χ0) is 22.9. The summed E-state index contributed by atoms with van der Waals surface area (Å²) in [5, 5.41) is 4.42. The summed E-state index contributed by atoms with van der Waals surface area (Å²) in [6.07, 6.45) is 3.06. The molecule has 0 spiro atoms.